The van der Waals surface area contributed by atoms with Crippen LogP contribution < -0.4 is 10.1 Å². The summed E-state index contributed by atoms with van der Waals surface area (Å²) in [5.41, 5.74) is 2.86. The maximum Gasteiger partial charge on any atom is 0.278 e. The van der Waals surface area contributed by atoms with E-state index in [-0.39, 0.29) is 12.4 Å². The van der Waals surface area contributed by atoms with Gasteiger partial charge in [-0.25, -0.2) is 4.68 Å². The van der Waals surface area contributed by atoms with Crippen LogP contribution in [0.1, 0.15) is 33.2 Å². The second-order valence-electron chi connectivity index (χ2n) is 7.16. The number of carbonyl (C=O) groups is 1. The molecule has 32 heavy (non-hydrogen) atoms. The van der Waals surface area contributed by atoms with E-state index in [1.54, 1.807) is 22.5 Å². The van der Waals surface area contributed by atoms with Gasteiger partial charge in [0.15, 0.2) is 12.4 Å². The minimum Gasteiger partial charge on any atom is -0.471 e. The Hall–Kier alpha value is -3.11. The minimum atomic E-state index is -0.405. The van der Waals surface area contributed by atoms with Gasteiger partial charge in [-0.1, -0.05) is 32.7 Å². The fraction of sp³-hybridized carbons (Fsp3) is 0.238. The molecule has 0 unspecified atom stereocenters. The summed E-state index contributed by atoms with van der Waals surface area (Å²) in [6, 6.07) is 7.48. The molecule has 0 atom stereocenters. The standard InChI is InChI=1S/C21H20BrClN6O3/c1-12-19(23)13(2)29(26-12)10-18-14(3)32-27-20(18)21(30)25-16-8-24-28(9-16)11-31-17-6-4-15(22)5-7-17/h4-9H,10-11H2,1-3H3,(H,25,30). The summed E-state index contributed by atoms with van der Waals surface area (Å²) in [6.45, 7) is 5.97. The number of rotatable bonds is 7. The normalized spacial score (nSPS) is 11.0. The molecule has 1 aromatic carbocycles. The quantitative estimate of drug-likeness (QED) is 0.378. The van der Waals surface area contributed by atoms with E-state index in [9.17, 15) is 4.79 Å². The number of nitrogens with zero attached hydrogens (tertiary/aromatic N) is 5. The second-order valence-corrected chi connectivity index (χ2v) is 8.45. The predicted molar refractivity (Wildman–Crippen MR) is 122 cm³/mol. The van der Waals surface area contributed by atoms with Gasteiger partial charge in [-0.2, -0.15) is 10.2 Å². The first-order valence-electron chi connectivity index (χ1n) is 9.68. The molecule has 1 amide bonds. The highest BCUT2D eigenvalue weighted by atomic mass is 79.9. The van der Waals surface area contributed by atoms with Crippen LogP contribution in [0.4, 0.5) is 5.69 Å². The Morgan fingerprint density at radius 2 is 2.00 bits per heavy atom. The summed E-state index contributed by atoms with van der Waals surface area (Å²) in [7, 11) is 0. The first-order chi connectivity index (χ1) is 15.3. The average molecular weight is 520 g/mol. The van der Waals surface area contributed by atoms with Crippen LogP contribution in [-0.2, 0) is 13.3 Å². The van der Waals surface area contributed by atoms with Crippen molar-refractivity contribution in [3.05, 3.63) is 74.6 Å². The van der Waals surface area contributed by atoms with Gasteiger partial charge in [-0.15, -0.1) is 0 Å². The van der Waals surface area contributed by atoms with E-state index in [0.29, 0.717) is 34.3 Å². The van der Waals surface area contributed by atoms with Gasteiger partial charge in [0.1, 0.15) is 11.5 Å². The second kappa shape index (κ2) is 9.17. The summed E-state index contributed by atoms with van der Waals surface area (Å²) >= 11 is 9.62. The van der Waals surface area contributed by atoms with E-state index in [2.05, 4.69) is 36.6 Å². The topological polar surface area (TPSA) is 100 Å². The van der Waals surface area contributed by atoms with Crippen LogP contribution in [-0.4, -0.2) is 30.6 Å². The zero-order valence-electron chi connectivity index (χ0n) is 17.6. The molecule has 0 aliphatic rings. The van der Waals surface area contributed by atoms with Crippen molar-refractivity contribution in [2.75, 3.05) is 5.32 Å². The third-order valence-corrected chi connectivity index (χ3v) is 5.94. The van der Waals surface area contributed by atoms with E-state index >= 15 is 0 Å². The number of hydrogen-bond acceptors (Lipinski definition) is 6. The lowest BCUT2D eigenvalue weighted by Crippen LogP contribution is -2.16. The summed E-state index contributed by atoms with van der Waals surface area (Å²) in [5.74, 6) is 0.844. The molecule has 0 aliphatic carbocycles. The van der Waals surface area contributed by atoms with Gasteiger partial charge in [0, 0.05) is 10.0 Å². The zero-order chi connectivity index (χ0) is 22.8. The fourth-order valence-electron chi connectivity index (χ4n) is 3.10. The summed E-state index contributed by atoms with van der Waals surface area (Å²) < 4.78 is 15.2. The highest BCUT2D eigenvalue weighted by Crippen LogP contribution is 2.23. The van der Waals surface area contributed by atoms with Gasteiger partial charge in [-0.05, 0) is 45.0 Å². The summed E-state index contributed by atoms with van der Waals surface area (Å²) in [4.78, 5) is 12.9. The SMILES string of the molecule is Cc1nn(Cc2c(C(=O)Nc3cnn(COc4ccc(Br)cc4)c3)noc2C)c(C)c1Cl. The predicted octanol–water partition coefficient (Wildman–Crippen LogP) is 4.75. The Balaban J connectivity index is 1.43. The number of hydrogen-bond donors (Lipinski definition) is 1. The Bertz CT molecular complexity index is 1260. The maximum absolute atomic E-state index is 12.9. The molecule has 166 valence electrons. The molecule has 3 heterocycles. The van der Waals surface area contributed by atoms with E-state index < -0.39 is 5.91 Å². The number of anilines is 1. The highest BCUT2D eigenvalue weighted by Gasteiger charge is 2.22. The Labute approximate surface area is 197 Å². The van der Waals surface area contributed by atoms with Gasteiger partial charge < -0.3 is 14.6 Å². The molecule has 0 radical (unpaired) electrons. The monoisotopic (exact) mass is 518 g/mol. The smallest absolute Gasteiger partial charge is 0.278 e. The van der Waals surface area contributed by atoms with Gasteiger partial charge in [0.25, 0.3) is 5.91 Å². The first kappa shape index (κ1) is 22.1. The van der Waals surface area contributed by atoms with E-state index in [1.165, 1.54) is 6.20 Å². The van der Waals surface area contributed by atoms with Crippen molar-refractivity contribution in [3.8, 4) is 5.75 Å². The molecule has 1 N–H and O–H groups in total. The number of aromatic nitrogens is 5. The van der Waals surface area contributed by atoms with Crippen molar-refractivity contribution >= 4 is 39.1 Å². The van der Waals surface area contributed by atoms with Gasteiger partial charge in [0.2, 0.25) is 0 Å². The van der Waals surface area contributed by atoms with Crippen LogP contribution in [0, 0.1) is 20.8 Å². The van der Waals surface area contributed by atoms with Crippen molar-refractivity contribution in [1.29, 1.82) is 0 Å². The molecule has 4 rings (SSSR count). The summed E-state index contributed by atoms with van der Waals surface area (Å²) in [5, 5.41) is 16.0. The van der Waals surface area contributed by atoms with E-state index in [4.69, 9.17) is 20.9 Å². The van der Waals surface area contributed by atoms with Crippen LogP contribution in [0.25, 0.3) is 0 Å². The molecule has 0 fully saturated rings. The number of benzene rings is 1. The highest BCUT2D eigenvalue weighted by molar-refractivity contribution is 9.10. The molecule has 0 spiro atoms. The molecule has 0 aliphatic heterocycles. The number of ether oxygens (including phenoxy) is 1. The van der Waals surface area contributed by atoms with Crippen LogP contribution >= 0.6 is 27.5 Å². The van der Waals surface area contributed by atoms with Crippen molar-refractivity contribution in [2.24, 2.45) is 0 Å². The van der Waals surface area contributed by atoms with Crippen LogP contribution in [0.3, 0.4) is 0 Å². The van der Waals surface area contributed by atoms with E-state index in [1.807, 2.05) is 38.1 Å². The van der Waals surface area contributed by atoms with Gasteiger partial charge >= 0.3 is 0 Å². The summed E-state index contributed by atoms with van der Waals surface area (Å²) in [6.07, 6.45) is 3.21. The Kier molecular flexibility index (Phi) is 6.33. The average Bonchev–Trinajstić information content (AvgIpc) is 3.43. The fourth-order valence-corrected chi connectivity index (χ4v) is 3.49. The van der Waals surface area contributed by atoms with Gasteiger partial charge in [-0.3, -0.25) is 9.48 Å². The zero-order valence-corrected chi connectivity index (χ0v) is 19.9. The lowest BCUT2D eigenvalue weighted by molar-refractivity contribution is 0.101. The van der Waals surface area contributed by atoms with Crippen LogP contribution in [0.2, 0.25) is 5.02 Å². The maximum atomic E-state index is 12.9. The molecular formula is C21H20BrClN6O3. The van der Waals surface area contributed by atoms with Crippen molar-refractivity contribution in [2.45, 2.75) is 34.0 Å². The molecule has 0 bridgehead atoms. The third-order valence-electron chi connectivity index (χ3n) is 4.87. The molecular weight excluding hydrogens is 500 g/mol. The minimum absolute atomic E-state index is 0.185. The Morgan fingerprint density at radius 1 is 1.25 bits per heavy atom. The van der Waals surface area contributed by atoms with Crippen LogP contribution in [0.5, 0.6) is 5.75 Å². The van der Waals surface area contributed by atoms with Crippen molar-refractivity contribution in [3.63, 3.8) is 0 Å². The largest absolute Gasteiger partial charge is 0.471 e. The molecule has 3 aromatic heterocycles. The molecule has 11 heteroatoms. The molecule has 0 saturated carbocycles. The van der Waals surface area contributed by atoms with Crippen LogP contribution in [0.15, 0.2) is 45.7 Å². The Morgan fingerprint density at radius 3 is 2.69 bits per heavy atom. The van der Waals surface area contributed by atoms with E-state index in [0.717, 1.165) is 15.9 Å². The first-order valence-corrected chi connectivity index (χ1v) is 10.9. The third kappa shape index (κ3) is 4.71. The van der Waals surface area contributed by atoms with Gasteiger partial charge in [0.05, 0.1) is 41.0 Å². The number of halogens is 2. The van der Waals surface area contributed by atoms with Crippen molar-refractivity contribution < 1.29 is 14.1 Å². The number of carbonyl (C=O) groups excluding carboxylic acids is 1. The number of aryl methyl sites for hydroxylation is 2. The molecule has 0 saturated heterocycles. The lowest BCUT2D eigenvalue weighted by atomic mass is 10.2. The number of nitrogens with one attached hydrogen (secondary N) is 1. The lowest BCUT2D eigenvalue weighted by Gasteiger charge is -2.06. The molecule has 9 nitrogen and oxygen atoms in total. The van der Waals surface area contributed by atoms with Crippen molar-refractivity contribution in [1.82, 2.24) is 24.7 Å². The molecule has 4 aromatic rings. The number of amides is 1.